The van der Waals surface area contributed by atoms with E-state index in [1.165, 1.54) is 122 Å². The molecule has 0 aromatic carbocycles. The summed E-state index contributed by atoms with van der Waals surface area (Å²) in [7, 11) is 0. The van der Waals surface area contributed by atoms with Crippen molar-refractivity contribution in [3.8, 4) is 0 Å². The highest BCUT2D eigenvalue weighted by atomic mass is 16.7. The van der Waals surface area contributed by atoms with Crippen LogP contribution in [0.2, 0.25) is 0 Å². The first kappa shape index (κ1) is 71.5. The quantitative estimate of drug-likeness (QED) is 0.0172. The second kappa shape index (κ2) is 50.2. The van der Waals surface area contributed by atoms with Gasteiger partial charge in [0, 0.05) is 13.0 Å². The van der Waals surface area contributed by atoms with Gasteiger partial charge < -0.3 is 64.2 Å². The molecular formula is C64H112O14. The van der Waals surface area contributed by atoms with Crippen LogP contribution in [0.25, 0.3) is 0 Å². The van der Waals surface area contributed by atoms with Crippen LogP contribution in [0.4, 0.5) is 0 Å². The SMILES string of the molecule is CC/C=C\C/C=C\C/C=C\C/C=C\CCCCCCCCCCCCCCCOCC(COC1OC(COC2OC(CO)C(O)C(O)C2O)C(O)C(O)C1O)OC(=O)CCCCCCCCC/C=C\C/C=C\CCCCCC. The van der Waals surface area contributed by atoms with Crippen LogP contribution in [-0.2, 0) is 33.2 Å². The lowest BCUT2D eigenvalue weighted by Gasteiger charge is -2.42. The van der Waals surface area contributed by atoms with Gasteiger partial charge in [-0.05, 0) is 83.5 Å². The van der Waals surface area contributed by atoms with Crippen molar-refractivity contribution in [2.75, 3.05) is 33.0 Å². The Morgan fingerprint density at radius 3 is 1.31 bits per heavy atom. The molecule has 2 rings (SSSR count). The number of allylic oxidation sites excluding steroid dienone is 12. The third-order valence-corrected chi connectivity index (χ3v) is 14.4. The number of hydrogen-bond acceptors (Lipinski definition) is 14. The zero-order valence-corrected chi connectivity index (χ0v) is 48.6. The molecule has 2 saturated heterocycles. The van der Waals surface area contributed by atoms with Crippen molar-refractivity contribution in [1.82, 2.24) is 0 Å². The summed E-state index contributed by atoms with van der Waals surface area (Å²) >= 11 is 0. The van der Waals surface area contributed by atoms with E-state index in [1.807, 2.05) is 0 Å². The number of carbonyl (C=O) groups is 1. The van der Waals surface area contributed by atoms with Gasteiger partial charge in [0.2, 0.25) is 0 Å². The fourth-order valence-electron chi connectivity index (χ4n) is 9.48. The smallest absolute Gasteiger partial charge is 0.306 e. The van der Waals surface area contributed by atoms with Gasteiger partial charge in [-0.2, -0.15) is 0 Å². The molecular weight excluding hydrogens is 993 g/mol. The number of carbonyl (C=O) groups excluding carboxylic acids is 1. The minimum atomic E-state index is -1.71. The maximum Gasteiger partial charge on any atom is 0.306 e. The highest BCUT2D eigenvalue weighted by Gasteiger charge is 2.47. The Labute approximate surface area is 472 Å². The van der Waals surface area contributed by atoms with Crippen LogP contribution in [-0.4, -0.2) is 142 Å². The fourth-order valence-corrected chi connectivity index (χ4v) is 9.48. The first-order chi connectivity index (χ1) is 38.1. The fraction of sp³-hybridized carbons (Fsp3) is 0.797. The minimum Gasteiger partial charge on any atom is -0.457 e. The van der Waals surface area contributed by atoms with Gasteiger partial charge in [-0.3, -0.25) is 4.79 Å². The van der Waals surface area contributed by atoms with E-state index in [9.17, 15) is 40.5 Å². The molecule has 0 amide bonds. The molecule has 78 heavy (non-hydrogen) atoms. The lowest BCUT2D eigenvalue weighted by Crippen LogP contribution is -2.61. The van der Waals surface area contributed by atoms with Crippen molar-refractivity contribution in [2.45, 2.75) is 293 Å². The van der Waals surface area contributed by atoms with Crippen molar-refractivity contribution < 1.29 is 69.0 Å². The first-order valence-corrected chi connectivity index (χ1v) is 31.0. The Bertz CT molecular complexity index is 1560. The summed E-state index contributed by atoms with van der Waals surface area (Å²) in [6.45, 7) is 3.56. The lowest BCUT2D eigenvalue weighted by atomic mass is 9.98. The van der Waals surface area contributed by atoms with Crippen LogP contribution >= 0.6 is 0 Å². The average molecular weight is 1110 g/mol. The zero-order chi connectivity index (χ0) is 56.5. The molecule has 2 heterocycles. The summed E-state index contributed by atoms with van der Waals surface area (Å²) in [4.78, 5) is 13.1. The van der Waals surface area contributed by atoms with E-state index in [4.69, 9.17) is 28.4 Å². The van der Waals surface area contributed by atoms with Crippen molar-refractivity contribution >= 4 is 5.97 Å². The molecule has 2 aliphatic rings. The first-order valence-electron chi connectivity index (χ1n) is 31.0. The number of rotatable bonds is 50. The average Bonchev–Trinajstić information content (AvgIpc) is 3.45. The molecule has 7 N–H and O–H groups in total. The van der Waals surface area contributed by atoms with Crippen molar-refractivity contribution in [3.63, 3.8) is 0 Å². The van der Waals surface area contributed by atoms with Crippen molar-refractivity contribution in [1.29, 1.82) is 0 Å². The zero-order valence-electron chi connectivity index (χ0n) is 48.6. The van der Waals surface area contributed by atoms with Gasteiger partial charge in [0.05, 0.1) is 26.4 Å². The van der Waals surface area contributed by atoms with Gasteiger partial charge in [-0.25, -0.2) is 0 Å². The largest absolute Gasteiger partial charge is 0.457 e. The van der Waals surface area contributed by atoms with Gasteiger partial charge in [0.15, 0.2) is 12.6 Å². The second-order valence-electron chi connectivity index (χ2n) is 21.5. The van der Waals surface area contributed by atoms with Crippen LogP contribution in [0.3, 0.4) is 0 Å². The molecule has 0 saturated carbocycles. The highest BCUT2D eigenvalue weighted by molar-refractivity contribution is 5.69. The molecule has 0 aromatic rings. The van der Waals surface area contributed by atoms with E-state index in [0.717, 1.165) is 77.0 Å². The molecule has 14 heteroatoms. The molecule has 0 radical (unpaired) electrons. The topological polar surface area (TPSA) is 214 Å². The highest BCUT2D eigenvalue weighted by Crippen LogP contribution is 2.27. The summed E-state index contributed by atoms with van der Waals surface area (Å²) in [6, 6.07) is 0. The van der Waals surface area contributed by atoms with Crippen LogP contribution in [0.5, 0.6) is 0 Å². The monoisotopic (exact) mass is 1100 g/mol. The van der Waals surface area contributed by atoms with Gasteiger partial charge in [0.25, 0.3) is 0 Å². The number of unbranched alkanes of at least 4 members (excludes halogenated alkanes) is 24. The Morgan fingerprint density at radius 2 is 0.833 bits per heavy atom. The van der Waals surface area contributed by atoms with E-state index >= 15 is 0 Å². The summed E-state index contributed by atoms with van der Waals surface area (Å²) < 4.78 is 34.4. The number of hydrogen-bond donors (Lipinski definition) is 7. The van der Waals surface area contributed by atoms with Crippen LogP contribution in [0, 0.1) is 0 Å². The predicted molar refractivity (Wildman–Crippen MR) is 312 cm³/mol. The third-order valence-electron chi connectivity index (χ3n) is 14.4. The maximum atomic E-state index is 13.1. The van der Waals surface area contributed by atoms with E-state index in [-0.39, 0.29) is 25.6 Å². The van der Waals surface area contributed by atoms with Crippen LogP contribution in [0.15, 0.2) is 72.9 Å². The van der Waals surface area contributed by atoms with Gasteiger partial charge >= 0.3 is 5.97 Å². The summed E-state index contributed by atoms with van der Waals surface area (Å²) in [5.74, 6) is -0.384. The molecule has 2 aliphatic heterocycles. The molecule has 0 spiro atoms. The Morgan fingerprint density at radius 1 is 0.436 bits per heavy atom. The molecule has 2 fully saturated rings. The summed E-state index contributed by atoms with van der Waals surface area (Å²) in [5.41, 5.74) is 0. The number of esters is 1. The van der Waals surface area contributed by atoms with E-state index in [1.54, 1.807) is 0 Å². The Balaban J connectivity index is 1.68. The molecule has 11 unspecified atom stereocenters. The second-order valence-corrected chi connectivity index (χ2v) is 21.5. The Kier molecular flexibility index (Phi) is 46.0. The van der Waals surface area contributed by atoms with Crippen LogP contribution in [0.1, 0.15) is 226 Å². The van der Waals surface area contributed by atoms with Gasteiger partial charge in [-0.15, -0.1) is 0 Å². The third kappa shape index (κ3) is 36.0. The summed E-state index contributed by atoms with van der Waals surface area (Å²) in [6.07, 6.45) is 48.2. The lowest BCUT2D eigenvalue weighted by molar-refractivity contribution is -0.332. The normalized spacial score (nSPS) is 24.6. The van der Waals surface area contributed by atoms with E-state index in [0.29, 0.717) is 13.0 Å². The molecule has 452 valence electrons. The molecule has 0 bridgehead atoms. The van der Waals surface area contributed by atoms with Crippen molar-refractivity contribution in [2.24, 2.45) is 0 Å². The van der Waals surface area contributed by atoms with Crippen molar-refractivity contribution in [3.05, 3.63) is 72.9 Å². The number of ether oxygens (including phenoxy) is 6. The molecule has 0 aromatic heterocycles. The molecule has 11 atom stereocenters. The van der Waals surface area contributed by atoms with Crippen LogP contribution < -0.4 is 0 Å². The number of aliphatic hydroxyl groups is 7. The van der Waals surface area contributed by atoms with Gasteiger partial charge in [0.1, 0.15) is 54.9 Å². The standard InChI is InChI=1S/C64H112O14/c1-3-5-7-9-11-13-15-17-19-21-23-24-25-26-27-28-29-30-32-34-36-38-40-42-44-46-48-73-50-53(76-56(66)47-45-43-41-39-37-35-33-31-22-20-18-16-14-12-10-8-6-4-2)51-74-63-62(72)60(70)58(68)55(78-63)52-75-64-61(71)59(69)57(67)54(49-65)77-64/h5,7,11,13-14,16-17,19-20,22-24,53-55,57-65,67-72H,3-4,6,8-10,12,15,18,21,25-52H2,1-2H3/b7-5-,13-11-,16-14-,19-17-,22-20-,24-23-. The molecule has 0 aliphatic carbocycles. The van der Waals surface area contributed by atoms with E-state index in [2.05, 4.69) is 86.8 Å². The summed E-state index contributed by atoms with van der Waals surface area (Å²) in [5, 5.41) is 72.4. The maximum absolute atomic E-state index is 13.1. The minimum absolute atomic E-state index is 0.0552. The van der Waals surface area contributed by atoms with Gasteiger partial charge in [-0.1, -0.05) is 209 Å². The van der Waals surface area contributed by atoms with E-state index < -0.39 is 80.7 Å². The predicted octanol–water partition coefficient (Wildman–Crippen LogP) is 11.8. The number of aliphatic hydroxyl groups excluding tert-OH is 7. The Hall–Kier alpha value is -2.57. The molecule has 14 nitrogen and oxygen atoms in total.